The monoisotopic (exact) mass is 289 g/mol. The molecule has 1 saturated heterocycles. The summed E-state index contributed by atoms with van der Waals surface area (Å²) in [5.41, 5.74) is 2.76. The van der Waals surface area contributed by atoms with E-state index >= 15 is 0 Å². The first-order valence-corrected chi connectivity index (χ1v) is 8.64. The van der Waals surface area contributed by atoms with Crippen molar-refractivity contribution < 1.29 is 4.74 Å². The Balaban J connectivity index is 1.85. The molecular weight excluding hydrogens is 258 g/mol. The van der Waals surface area contributed by atoms with Crippen LogP contribution in [-0.2, 0) is 11.2 Å². The summed E-state index contributed by atoms with van der Waals surface area (Å²) in [7, 11) is 0. The van der Waals surface area contributed by atoms with Gasteiger partial charge in [0.15, 0.2) is 0 Å². The van der Waals surface area contributed by atoms with Gasteiger partial charge in [-0.2, -0.15) is 0 Å². The van der Waals surface area contributed by atoms with Crippen molar-refractivity contribution in [2.75, 3.05) is 11.9 Å². The van der Waals surface area contributed by atoms with Crippen LogP contribution in [-0.4, -0.2) is 18.2 Å². The zero-order valence-electron chi connectivity index (χ0n) is 14.0. The van der Waals surface area contributed by atoms with Gasteiger partial charge in [-0.25, -0.2) is 0 Å². The van der Waals surface area contributed by atoms with Gasteiger partial charge in [-0.05, 0) is 56.7 Å². The molecule has 118 valence electrons. The lowest BCUT2D eigenvalue weighted by atomic mass is 9.90. The third-order valence-corrected chi connectivity index (χ3v) is 4.74. The Labute approximate surface area is 130 Å². The minimum Gasteiger partial charge on any atom is -0.382 e. The maximum Gasteiger partial charge on any atom is 0.0671 e. The number of aryl methyl sites for hydroxylation is 1. The molecule has 1 fully saturated rings. The van der Waals surface area contributed by atoms with Crippen molar-refractivity contribution in [3.8, 4) is 0 Å². The van der Waals surface area contributed by atoms with Gasteiger partial charge in [0.1, 0.15) is 0 Å². The number of unbranched alkanes of at least 4 members (excludes halogenated alkanes) is 2. The van der Waals surface area contributed by atoms with Crippen molar-refractivity contribution in [2.24, 2.45) is 0 Å². The predicted molar refractivity (Wildman–Crippen MR) is 91.0 cm³/mol. The molecule has 0 spiro atoms. The van der Waals surface area contributed by atoms with E-state index in [1.807, 2.05) is 0 Å². The molecule has 0 aliphatic carbocycles. The fourth-order valence-electron chi connectivity index (χ4n) is 3.08. The van der Waals surface area contributed by atoms with E-state index in [0.29, 0.717) is 6.04 Å². The van der Waals surface area contributed by atoms with Crippen molar-refractivity contribution in [3.63, 3.8) is 0 Å². The second-order valence-electron chi connectivity index (χ2n) is 6.64. The summed E-state index contributed by atoms with van der Waals surface area (Å²) < 4.78 is 5.92. The fraction of sp³-hybridized carbons (Fsp3) is 0.684. The fourth-order valence-corrected chi connectivity index (χ4v) is 3.08. The van der Waals surface area contributed by atoms with E-state index in [-0.39, 0.29) is 5.60 Å². The van der Waals surface area contributed by atoms with E-state index in [4.69, 9.17) is 4.74 Å². The number of ether oxygens (including phenoxy) is 1. The molecule has 1 aliphatic heterocycles. The molecule has 2 unspecified atom stereocenters. The SMILES string of the molecule is CCCCCc1ccc(NC2CCOC(C)(CC)C2)cc1. The molecule has 1 aromatic carbocycles. The molecule has 0 amide bonds. The van der Waals surface area contributed by atoms with Crippen LogP contribution < -0.4 is 5.32 Å². The van der Waals surface area contributed by atoms with E-state index in [1.165, 1.54) is 36.9 Å². The van der Waals surface area contributed by atoms with Gasteiger partial charge in [0.05, 0.1) is 5.60 Å². The second-order valence-corrected chi connectivity index (χ2v) is 6.64. The van der Waals surface area contributed by atoms with E-state index in [0.717, 1.165) is 25.9 Å². The Bertz CT molecular complexity index is 414. The summed E-state index contributed by atoms with van der Waals surface area (Å²) in [5.74, 6) is 0. The molecule has 21 heavy (non-hydrogen) atoms. The molecule has 0 radical (unpaired) electrons. The van der Waals surface area contributed by atoms with Gasteiger partial charge in [0, 0.05) is 18.3 Å². The average molecular weight is 289 g/mol. The van der Waals surface area contributed by atoms with Crippen molar-refractivity contribution in [1.29, 1.82) is 0 Å². The van der Waals surface area contributed by atoms with Crippen LogP contribution >= 0.6 is 0 Å². The molecule has 2 rings (SSSR count). The lowest BCUT2D eigenvalue weighted by Gasteiger charge is -2.38. The number of anilines is 1. The Morgan fingerprint density at radius 2 is 1.95 bits per heavy atom. The van der Waals surface area contributed by atoms with Gasteiger partial charge in [-0.3, -0.25) is 0 Å². The summed E-state index contributed by atoms with van der Waals surface area (Å²) in [6.45, 7) is 7.58. The van der Waals surface area contributed by atoms with Crippen LogP contribution in [0, 0.1) is 0 Å². The molecule has 1 N–H and O–H groups in total. The van der Waals surface area contributed by atoms with Gasteiger partial charge in [-0.1, -0.05) is 38.8 Å². The summed E-state index contributed by atoms with van der Waals surface area (Å²) in [6.07, 6.45) is 8.42. The molecular formula is C19H31NO. The highest BCUT2D eigenvalue weighted by Gasteiger charge is 2.31. The lowest BCUT2D eigenvalue weighted by molar-refractivity contribution is -0.0708. The quantitative estimate of drug-likeness (QED) is 0.698. The molecule has 2 nitrogen and oxygen atoms in total. The maximum absolute atomic E-state index is 5.92. The first-order valence-electron chi connectivity index (χ1n) is 8.64. The normalized spacial score (nSPS) is 25.8. The third kappa shape index (κ3) is 5.03. The van der Waals surface area contributed by atoms with Crippen LogP contribution in [0.5, 0.6) is 0 Å². The summed E-state index contributed by atoms with van der Waals surface area (Å²) in [6, 6.07) is 9.56. The van der Waals surface area contributed by atoms with Crippen LogP contribution in [0.3, 0.4) is 0 Å². The highest BCUT2D eigenvalue weighted by Crippen LogP contribution is 2.29. The van der Waals surface area contributed by atoms with Crippen LogP contribution in [0.2, 0.25) is 0 Å². The van der Waals surface area contributed by atoms with Crippen LogP contribution in [0.4, 0.5) is 5.69 Å². The molecule has 1 heterocycles. The van der Waals surface area contributed by atoms with Gasteiger partial charge in [0.2, 0.25) is 0 Å². The summed E-state index contributed by atoms with van der Waals surface area (Å²) in [5, 5.41) is 3.68. The van der Waals surface area contributed by atoms with Gasteiger partial charge in [0.25, 0.3) is 0 Å². The zero-order chi connectivity index (χ0) is 15.1. The summed E-state index contributed by atoms with van der Waals surface area (Å²) in [4.78, 5) is 0. The highest BCUT2D eigenvalue weighted by atomic mass is 16.5. The van der Waals surface area contributed by atoms with Crippen molar-refractivity contribution in [2.45, 2.75) is 77.4 Å². The Hall–Kier alpha value is -1.02. The zero-order valence-corrected chi connectivity index (χ0v) is 14.0. The molecule has 0 aromatic heterocycles. The Morgan fingerprint density at radius 3 is 2.62 bits per heavy atom. The van der Waals surface area contributed by atoms with Crippen LogP contribution in [0.25, 0.3) is 0 Å². The van der Waals surface area contributed by atoms with Crippen molar-refractivity contribution in [1.82, 2.24) is 0 Å². The average Bonchev–Trinajstić information content (AvgIpc) is 2.49. The number of nitrogens with one attached hydrogen (secondary N) is 1. The smallest absolute Gasteiger partial charge is 0.0671 e. The predicted octanol–water partition coefficient (Wildman–Crippen LogP) is 5.18. The van der Waals surface area contributed by atoms with E-state index in [9.17, 15) is 0 Å². The molecule has 0 saturated carbocycles. The second kappa shape index (κ2) is 7.84. The number of hydrogen-bond donors (Lipinski definition) is 1. The largest absolute Gasteiger partial charge is 0.382 e. The maximum atomic E-state index is 5.92. The first-order chi connectivity index (χ1) is 10.1. The first kappa shape index (κ1) is 16.4. The standard InChI is InChI=1S/C19H31NO/c1-4-6-7-8-16-9-11-17(12-10-16)20-18-13-14-21-19(3,5-2)15-18/h9-12,18,20H,4-8,13-15H2,1-3H3. The third-order valence-electron chi connectivity index (χ3n) is 4.74. The molecule has 1 aromatic rings. The number of rotatable bonds is 7. The Morgan fingerprint density at radius 1 is 1.19 bits per heavy atom. The number of benzene rings is 1. The van der Waals surface area contributed by atoms with Gasteiger partial charge >= 0.3 is 0 Å². The molecule has 1 aliphatic rings. The molecule has 2 heteroatoms. The number of hydrogen-bond acceptors (Lipinski definition) is 2. The lowest BCUT2D eigenvalue weighted by Crippen LogP contribution is -2.41. The van der Waals surface area contributed by atoms with E-state index in [2.05, 4.69) is 50.4 Å². The van der Waals surface area contributed by atoms with Gasteiger partial charge < -0.3 is 10.1 Å². The molecule has 2 atom stereocenters. The molecule has 0 bridgehead atoms. The van der Waals surface area contributed by atoms with E-state index < -0.39 is 0 Å². The van der Waals surface area contributed by atoms with Crippen molar-refractivity contribution >= 4 is 5.69 Å². The minimum atomic E-state index is 0.0516. The topological polar surface area (TPSA) is 21.3 Å². The minimum absolute atomic E-state index is 0.0516. The van der Waals surface area contributed by atoms with E-state index in [1.54, 1.807) is 0 Å². The highest BCUT2D eigenvalue weighted by molar-refractivity contribution is 5.45. The van der Waals surface area contributed by atoms with Crippen LogP contribution in [0.15, 0.2) is 24.3 Å². The van der Waals surface area contributed by atoms with Crippen LogP contribution in [0.1, 0.15) is 64.9 Å². The summed E-state index contributed by atoms with van der Waals surface area (Å²) >= 11 is 0. The van der Waals surface area contributed by atoms with Crippen molar-refractivity contribution in [3.05, 3.63) is 29.8 Å². The Kier molecular flexibility index (Phi) is 6.10. The van der Waals surface area contributed by atoms with Gasteiger partial charge in [-0.15, -0.1) is 0 Å².